The second-order valence-corrected chi connectivity index (χ2v) is 11.4. The Bertz CT molecular complexity index is 1650. The normalized spacial score (nSPS) is 11.2. The monoisotopic (exact) mass is 602 g/mol. The Hall–Kier alpha value is -5.03. The SMILES string of the molecule is Cc1ccc(S(=O)(=O)N(CC(=O)N/N=C\c2ccc(OCC(=O)NCCc3ccccc3)cc2)c2ccc(F)cc2)cc1. The van der Waals surface area contributed by atoms with Crippen LogP contribution in [0.4, 0.5) is 10.1 Å². The van der Waals surface area contributed by atoms with Crippen molar-refractivity contribution in [1.82, 2.24) is 10.7 Å². The largest absolute Gasteiger partial charge is 0.484 e. The van der Waals surface area contributed by atoms with E-state index in [0.717, 1.165) is 34.0 Å². The Balaban J connectivity index is 1.29. The lowest BCUT2D eigenvalue weighted by Gasteiger charge is -2.23. The maximum atomic E-state index is 13.5. The third-order valence-electron chi connectivity index (χ3n) is 6.24. The third kappa shape index (κ3) is 9.23. The molecule has 11 heteroatoms. The molecule has 2 N–H and O–H groups in total. The number of amides is 2. The standard InChI is InChI=1S/C32H31FN4O5S/c1-24-7-17-30(18-8-24)43(40,41)37(28-13-11-27(33)12-14-28)22-31(38)36-35-21-26-9-15-29(16-10-26)42-23-32(39)34-20-19-25-5-3-2-4-6-25/h2-18,21H,19-20,22-23H2,1H3,(H,34,39)(H,36,38)/b35-21-. The molecule has 0 radical (unpaired) electrons. The number of nitrogens with one attached hydrogen (secondary N) is 2. The van der Waals surface area contributed by atoms with Crippen molar-refractivity contribution in [2.75, 3.05) is 24.0 Å². The van der Waals surface area contributed by atoms with E-state index in [1.165, 1.54) is 30.5 Å². The van der Waals surface area contributed by atoms with Crippen molar-refractivity contribution < 1.29 is 27.1 Å². The highest BCUT2D eigenvalue weighted by molar-refractivity contribution is 7.92. The number of halogens is 1. The molecule has 222 valence electrons. The van der Waals surface area contributed by atoms with Crippen LogP contribution < -0.4 is 19.8 Å². The van der Waals surface area contributed by atoms with Gasteiger partial charge in [0.25, 0.3) is 21.8 Å². The summed E-state index contributed by atoms with van der Waals surface area (Å²) in [6, 6.07) is 27.5. The van der Waals surface area contributed by atoms with Crippen molar-refractivity contribution in [2.45, 2.75) is 18.2 Å². The van der Waals surface area contributed by atoms with Gasteiger partial charge >= 0.3 is 0 Å². The Morgan fingerprint density at radius 1 is 0.884 bits per heavy atom. The number of carbonyl (C=O) groups excluding carboxylic acids is 2. The molecule has 0 aliphatic heterocycles. The third-order valence-corrected chi connectivity index (χ3v) is 8.03. The lowest BCUT2D eigenvalue weighted by Crippen LogP contribution is -2.39. The highest BCUT2D eigenvalue weighted by Crippen LogP contribution is 2.24. The fourth-order valence-electron chi connectivity index (χ4n) is 3.95. The molecule has 0 aliphatic rings. The van der Waals surface area contributed by atoms with Crippen LogP contribution in [-0.2, 0) is 26.0 Å². The minimum absolute atomic E-state index is 0.00861. The first-order valence-electron chi connectivity index (χ1n) is 13.4. The molecule has 0 aliphatic carbocycles. The number of aryl methyl sites for hydroxylation is 1. The molecule has 4 aromatic rings. The molecule has 0 atom stereocenters. The van der Waals surface area contributed by atoms with Crippen molar-refractivity contribution in [2.24, 2.45) is 5.10 Å². The molecule has 0 saturated carbocycles. The Morgan fingerprint density at radius 2 is 1.56 bits per heavy atom. The number of hydrazone groups is 1. The molecule has 0 spiro atoms. The van der Waals surface area contributed by atoms with Crippen LogP contribution in [0.15, 0.2) is 113 Å². The summed E-state index contributed by atoms with van der Waals surface area (Å²) in [5.74, 6) is -0.988. The molecule has 9 nitrogen and oxygen atoms in total. The van der Waals surface area contributed by atoms with E-state index < -0.39 is 28.3 Å². The molecule has 0 saturated heterocycles. The molecule has 0 heterocycles. The van der Waals surface area contributed by atoms with Crippen LogP contribution in [0.5, 0.6) is 5.75 Å². The first kappa shape index (κ1) is 30.9. The molecule has 4 rings (SSSR count). The minimum atomic E-state index is -4.13. The Morgan fingerprint density at radius 3 is 2.23 bits per heavy atom. The molecule has 0 fully saturated rings. The molecule has 0 bridgehead atoms. The van der Waals surface area contributed by atoms with Crippen LogP contribution >= 0.6 is 0 Å². The van der Waals surface area contributed by atoms with Gasteiger partial charge in [-0.25, -0.2) is 18.2 Å². The van der Waals surface area contributed by atoms with Gasteiger partial charge in [-0.2, -0.15) is 5.10 Å². The van der Waals surface area contributed by atoms with E-state index in [1.807, 2.05) is 37.3 Å². The maximum Gasteiger partial charge on any atom is 0.264 e. The predicted molar refractivity (Wildman–Crippen MR) is 163 cm³/mol. The molecule has 0 unspecified atom stereocenters. The molecule has 4 aromatic carbocycles. The number of carbonyl (C=O) groups is 2. The van der Waals surface area contributed by atoms with Gasteiger partial charge in [-0.1, -0.05) is 48.0 Å². The number of nitrogens with zero attached hydrogens (tertiary/aromatic N) is 2. The van der Waals surface area contributed by atoms with E-state index in [2.05, 4.69) is 15.8 Å². The van der Waals surface area contributed by atoms with Gasteiger partial charge in [0.2, 0.25) is 0 Å². The molecule has 43 heavy (non-hydrogen) atoms. The maximum absolute atomic E-state index is 13.5. The number of hydrogen-bond donors (Lipinski definition) is 2. The second-order valence-electron chi connectivity index (χ2n) is 9.54. The summed E-state index contributed by atoms with van der Waals surface area (Å²) in [6.45, 7) is 1.62. The van der Waals surface area contributed by atoms with E-state index in [9.17, 15) is 22.4 Å². The van der Waals surface area contributed by atoms with Gasteiger partial charge in [0.05, 0.1) is 16.8 Å². The van der Waals surface area contributed by atoms with Gasteiger partial charge in [-0.05, 0) is 85.1 Å². The van der Waals surface area contributed by atoms with E-state index in [4.69, 9.17) is 4.74 Å². The van der Waals surface area contributed by atoms with Crippen molar-refractivity contribution in [1.29, 1.82) is 0 Å². The number of ether oxygens (including phenoxy) is 1. The summed E-state index contributed by atoms with van der Waals surface area (Å²) in [4.78, 5) is 24.8. The van der Waals surface area contributed by atoms with Crippen molar-refractivity contribution in [3.05, 3.63) is 126 Å². The van der Waals surface area contributed by atoms with Gasteiger partial charge in [-0.3, -0.25) is 13.9 Å². The van der Waals surface area contributed by atoms with Gasteiger partial charge in [0, 0.05) is 6.54 Å². The topological polar surface area (TPSA) is 117 Å². The number of benzene rings is 4. The Kier molecular flexibility index (Phi) is 10.6. The lowest BCUT2D eigenvalue weighted by atomic mass is 10.1. The van der Waals surface area contributed by atoms with Crippen LogP contribution in [0, 0.1) is 12.7 Å². The van der Waals surface area contributed by atoms with Crippen LogP contribution in [0.25, 0.3) is 0 Å². The van der Waals surface area contributed by atoms with E-state index in [-0.39, 0.29) is 23.1 Å². The molecule has 2 amide bonds. The van der Waals surface area contributed by atoms with Gasteiger partial charge < -0.3 is 10.1 Å². The fourth-order valence-corrected chi connectivity index (χ4v) is 5.37. The van der Waals surface area contributed by atoms with Crippen molar-refractivity contribution >= 4 is 33.7 Å². The fraction of sp³-hybridized carbons (Fsp3) is 0.156. The van der Waals surface area contributed by atoms with Gasteiger partial charge in [0.15, 0.2) is 6.61 Å². The van der Waals surface area contributed by atoms with Crippen molar-refractivity contribution in [3.63, 3.8) is 0 Å². The summed E-state index contributed by atoms with van der Waals surface area (Å²) < 4.78 is 46.7. The predicted octanol–water partition coefficient (Wildman–Crippen LogP) is 4.22. The first-order chi connectivity index (χ1) is 20.7. The molecular formula is C32H31FN4O5S. The minimum Gasteiger partial charge on any atom is -0.484 e. The van der Waals surface area contributed by atoms with Crippen LogP contribution in [-0.4, -0.2) is 46.1 Å². The van der Waals surface area contributed by atoms with E-state index in [1.54, 1.807) is 36.4 Å². The zero-order chi connectivity index (χ0) is 30.7. The van der Waals surface area contributed by atoms with E-state index >= 15 is 0 Å². The average molecular weight is 603 g/mol. The second kappa shape index (κ2) is 14.7. The number of hydrogen-bond acceptors (Lipinski definition) is 6. The first-order valence-corrected chi connectivity index (χ1v) is 14.8. The number of anilines is 1. The van der Waals surface area contributed by atoms with Gasteiger partial charge in [-0.15, -0.1) is 0 Å². The Labute approximate surface area is 250 Å². The summed E-state index contributed by atoms with van der Waals surface area (Å²) in [5.41, 5.74) is 5.09. The summed E-state index contributed by atoms with van der Waals surface area (Å²) in [7, 11) is -4.13. The van der Waals surface area contributed by atoms with Crippen LogP contribution in [0.2, 0.25) is 0 Å². The summed E-state index contributed by atoms with van der Waals surface area (Å²) >= 11 is 0. The summed E-state index contributed by atoms with van der Waals surface area (Å²) in [6.07, 6.45) is 2.11. The quantitative estimate of drug-likeness (QED) is 0.176. The van der Waals surface area contributed by atoms with Crippen molar-refractivity contribution in [3.8, 4) is 5.75 Å². The van der Waals surface area contributed by atoms with Gasteiger partial charge in [0.1, 0.15) is 18.1 Å². The lowest BCUT2D eigenvalue weighted by molar-refractivity contribution is -0.123. The summed E-state index contributed by atoms with van der Waals surface area (Å²) in [5, 5.41) is 6.74. The number of rotatable bonds is 13. The van der Waals surface area contributed by atoms with E-state index in [0.29, 0.717) is 17.9 Å². The zero-order valence-corrected chi connectivity index (χ0v) is 24.3. The smallest absolute Gasteiger partial charge is 0.264 e. The highest BCUT2D eigenvalue weighted by atomic mass is 32.2. The van der Waals surface area contributed by atoms with Crippen LogP contribution in [0.3, 0.4) is 0 Å². The molecule has 0 aromatic heterocycles. The average Bonchev–Trinajstić information content (AvgIpc) is 3.01. The number of sulfonamides is 1. The van der Waals surface area contributed by atoms with Crippen LogP contribution in [0.1, 0.15) is 16.7 Å². The highest BCUT2D eigenvalue weighted by Gasteiger charge is 2.27. The molecular weight excluding hydrogens is 571 g/mol. The zero-order valence-electron chi connectivity index (χ0n) is 23.4.